The van der Waals surface area contributed by atoms with E-state index in [1.807, 2.05) is 50.4 Å². The van der Waals surface area contributed by atoms with Crippen LogP contribution in [-0.2, 0) is 19.1 Å². The van der Waals surface area contributed by atoms with Crippen LogP contribution in [0.15, 0.2) is 58.3 Å². The molecule has 3 heterocycles. The Hall–Kier alpha value is -3.10. The third-order valence-corrected chi connectivity index (χ3v) is 7.53. The molecule has 35 heavy (non-hydrogen) atoms. The Balaban J connectivity index is 1.50. The Labute approximate surface area is 208 Å². The standard InChI is InChI=1S/C27H29NO6S/c1-15(2)31-8-9-32-27(30)24-16(3)28-19-11-18(23-5-4-10-35-23)12-20(29)26(19)25(24)17-6-7-21-22(13-17)34-14-33-21/h4-7,10,13,15,18,25,28H,8-9,11-12,14H2,1-3H3/t18-,25-/m1/s1. The highest BCUT2D eigenvalue weighted by molar-refractivity contribution is 7.10. The molecule has 1 N–H and O–H groups in total. The number of carbonyl (C=O) groups excluding carboxylic acids is 2. The highest BCUT2D eigenvalue weighted by Crippen LogP contribution is 2.47. The van der Waals surface area contributed by atoms with Crippen molar-refractivity contribution in [2.45, 2.75) is 51.6 Å². The first-order valence-electron chi connectivity index (χ1n) is 11.9. The molecule has 0 saturated heterocycles. The van der Waals surface area contributed by atoms with Crippen LogP contribution in [0.5, 0.6) is 11.5 Å². The number of Topliss-reactive ketones (excluding diaryl/α,β-unsaturated/α-hetero) is 1. The Morgan fingerprint density at radius 2 is 2.00 bits per heavy atom. The minimum Gasteiger partial charge on any atom is -0.460 e. The third kappa shape index (κ3) is 4.73. The first-order valence-corrected chi connectivity index (χ1v) is 12.8. The summed E-state index contributed by atoms with van der Waals surface area (Å²) in [5.41, 5.74) is 3.44. The lowest BCUT2D eigenvalue weighted by Crippen LogP contribution is -2.36. The number of ether oxygens (including phenoxy) is 4. The van der Waals surface area contributed by atoms with E-state index in [1.54, 1.807) is 11.3 Å². The molecule has 0 saturated carbocycles. The number of benzene rings is 1. The van der Waals surface area contributed by atoms with Gasteiger partial charge in [0.25, 0.3) is 0 Å². The number of rotatable bonds is 7. The van der Waals surface area contributed by atoms with Crippen LogP contribution in [0.1, 0.15) is 55.9 Å². The predicted octanol–water partition coefficient (Wildman–Crippen LogP) is 4.81. The van der Waals surface area contributed by atoms with Gasteiger partial charge in [-0.25, -0.2) is 4.79 Å². The van der Waals surface area contributed by atoms with Crippen molar-refractivity contribution >= 4 is 23.1 Å². The topological polar surface area (TPSA) is 83.1 Å². The molecule has 2 atom stereocenters. The van der Waals surface area contributed by atoms with E-state index in [0.29, 0.717) is 47.8 Å². The zero-order valence-electron chi connectivity index (χ0n) is 20.1. The maximum Gasteiger partial charge on any atom is 0.336 e. The van der Waals surface area contributed by atoms with Gasteiger partial charge in [-0.2, -0.15) is 0 Å². The van der Waals surface area contributed by atoms with Gasteiger partial charge in [-0.1, -0.05) is 12.1 Å². The van der Waals surface area contributed by atoms with E-state index in [4.69, 9.17) is 18.9 Å². The molecule has 0 amide bonds. The molecule has 1 aromatic carbocycles. The zero-order chi connectivity index (χ0) is 24.5. The lowest BCUT2D eigenvalue weighted by Gasteiger charge is -2.36. The van der Waals surface area contributed by atoms with Crippen molar-refractivity contribution in [3.8, 4) is 11.5 Å². The van der Waals surface area contributed by atoms with Gasteiger partial charge < -0.3 is 24.3 Å². The van der Waals surface area contributed by atoms with E-state index in [0.717, 1.165) is 11.3 Å². The number of hydrogen-bond donors (Lipinski definition) is 1. The number of fused-ring (bicyclic) bond motifs is 1. The van der Waals surface area contributed by atoms with Crippen molar-refractivity contribution in [3.63, 3.8) is 0 Å². The van der Waals surface area contributed by atoms with Crippen LogP contribution < -0.4 is 14.8 Å². The first kappa shape index (κ1) is 23.6. The van der Waals surface area contributed by atoms with Gasteiger partial charge in [-0.3, -0.25) is 4.79 Å². The maximum atomic E-state index is 13.6. The summed E-state index contributed by atoms with van der Waals surface area (Å²) in [5, 5.41) is 5.42. The number of dihydropyridines is 1. The van der Waals surface area contributed by atoms with E-state index in [9.17, 15) is 9.59 Å². The smallest absolute Gasteiger partial charge is 0.336 e. The molecule has 0 fully saturated rings. The van der Waals surface area contributed by atoms with Crippen LogP contribution in [-0.4, -0.2) is 37.9 Å². The lowest BCUT2D eigenvalue weighted by molar-refractivity contribution is -0.141. The number of esters is 1. The number of ketones is 1. The summed E-state index contributed by atoms with van der Waals surface area (Å²) in [5.74, 6) is 0.432. The van der Waals surface area contributed by atoms with E-state index in [2.05, 4.69) is 11.4 Å². The predicted molar refractivity (Wildman–Crippen MR) is 132 cm³/mol. The maximum absolute atomic E-state index is 13.6. The average molecular weight is 496 g/mol. The van der Waals surface area contributed by atoms with Crippen molar-refractivity contribution in [2.75, 3.05) is 20.0 Å². The van der Waals surface area contributed by atoms with Crippen molar-refractivity contribution in [1.82, 2.24) is 5.32 Å². The summed E-state index contributed by atoms with van der Waals surface area (Å²) in [6.45, 7) is 6.34. The lowest BCUT2D eigenvalue weighted by atomic mass is 9.72. The molecule has 184 valence electrons. The van der Waals surface area contributed by atoms with E-state index in [1.165, 1.54) is 4.88 Å². The number of hydrogen-bond acceptors (Lipinski definition) is 8. The van der Waals surface area contributed by atoms with Gasteiger partial charge >= 0.3 is 5.97 Å². The summed E-state index contributed by atoms with van der Waals surface area (Å²) in [6.07, 6.45) is 1.17. The van der Waals surface area contributed by atoms with E-state index < -0.39 is 11.9 Å². The molecule has 2 aliphatic heterocycles. The summed E-state index contributed by atoms with van der Waals surface area (Å²) in [4.78, 5) is 28.2. The number of allylic oxidation sites excluding steroid dienone is 3. The zero-order valence-corrected chi connectivity index (χ0v) is 20.9. The number of nitrogens with one attached hydrogen (secondary N) is 1. The molecule has 1 aromatic heterocycles. The van der Waals surface area contributed by atoms with Crippen molar-refractivity contribution < 1.29 is 28.5 Å². The van der Waals surface area contributed by atoms with Gasteiger partial charge in [0.2, 0.25) is 6.79 Å². The van der Waals surface area contributed by atoms with Gasteiger partial charge in [-0.15, -0.1) is 11.3 Å². The van der Waals surface area contributed by atoms with Gasteiger partial charge in [0.05, 0.1) is 18.3 Å². The monoisotopic (exact) mass is 495 g/mol. The normalized spacial score (nSPS) is 21.3. The number of carbonyl (C=O) groups is 2. The minimum absolute atomic E-state index is 0.0424. The molecule has 3 aliphatic rings. The molecule has 1 aliphatic carbocycles. The SMILES string of the molecule is CC1=C(C(=O)OCCOC(C)C)[C@@H](c2ccc3c(c2)OCO3)C2=C(C[C@@H](c3cccs3)CC2=O)N1. The second kappa shape index (κ2) is 9.87. The average Bonchev–Trinajstić information content (AvgIpc) is 3.52. The van der Waals surface area contributed by atoms with Gasteiger partial charge in [0.1, 0.15) is 6.61 Å². The molecule has 0 unspecified atom stereocenters. The summed E-state index contributed by atoms with van der Waals surface area (Å²) in [7, 11) is 0. The van der Waals surface area contributed by atoms with Crippen molar-refractivity contribution in [2.24, 2.45) is 0 Å². The highest BCUT2D eigenvalue weighted by atomic mass is 32.1. The van der Waals surface area contributed by atoms with Crippen LogP contribution in [0.2, 0.25) is 0 Å². The summed E-state index contributed by atoms with van der Waals surface area (Å²) < 4.78 is 22.2. The molecular formula is C27H29NO6S. The largest absolute Gasteiger partial charge is 0.460 e. The fraction of sp³-hybridized carbons (Fsp3) is 0.407. The van der Waals surface area contributed by atoms with E-state index >= 15 is 0 Å². The Morgan fingerprint density at radius 3 is 2.77 bits per heavy atom. The fourth-order valence-corrected chi connectivity index (χ4v) is 5.79. The Kier molecular flexibility index (Phi) is 6.67. The van der Waals surface area contributed by atoms with Crippen LogP contribution >= 0.6 is 11.3 Å². The Morgan fingerprint density at radius 1 is 1.17 bits per heavy atom. The van der Waals surface area contributed by atoms with Crippen LogP contribution in [0.4, 0.5) is 0 Å². The molecule has 8 heteroatoms. The summed E-state index contributed by atoms with van der Waals surface area (Å²) in [6, 6.07) is 9.69. The van der Waals surface area contributed by atoms with Gasteiger partial charge in [-0.05, 0) is 56.3 Å². The second-order valence-corrected chi connectivity index (χ2v) is 10.2. The van der Waals surface area contributed by atoms with Gasteiger partial charge in [0.15, 0.2) is 17.3 Å². The summed E-state index contributed by atoms with van der Waals surface area (Å²) >= 11 is 1.67. The van der Waals surface area contributed by atoms with Crippen LogP contribution in [0, 0.1) is 0 Å². The molecule has 7 nitrogen and oxygen atoms in total. The minimum atomic E-state index is -0.545. The molecule has 2 aromatic rings. The van der Waals surface area contributed by atoms with Crippen LogP contribution in [0.25, 0.3) is 0 Å². The first-order chi connectivity index (χ1) is 16.9. The fourth-order valence-electron chi connectivity index (χ4n) is 4.96. The molecule has 0 radical (unpaired) electrons. The molecule has 5 rings (SSSR count). The van der Waals surface area contributed by atoms with Crippen LogP contribution in [0.3, 0.4) is 0 Å². The van der Waals surface area contributed by atoms with Crippen molar-refractivity contribution in [3.05, 3.63) is 68.7 Å². The molecular weight excluding hydrogens is 466 g/mol. The van der Waals surface area contributed by atoms with Gasteiger partial charge in [0, 0.05) is 40.1 Å². The second-order valence-electron chi connectivity index (χ2n) is 9.20. The van der Waals surface area contributed by atoms with Crippen molar-refractivity contribution in [1.29, 1.82) is 0 Å². The quantitative estimate of drug-likeness (QED) is 0.436. The molecule has 0 bridgehead atoms. The molecule has 0 spiro atoms. The highest BCUT2D eigenvalue weighted by Gasteiger charge is 2.42. The number of thiophene rings is 1. The Bertz CT molecular complexity index is 1200. The van der Waals surface area contributed by atoms with E-state index in [-0.39, 0.29) is 31.2 Å². The third-order valence-electron chi connectivity index (χ3n) is 6.49.